The van der Waals surface area contributed by atoms with Crippen LogP contribution in [0.3, 0.4) is 0 Å². The molecule has 0 saturated carbocycles. The van der Waals surface area contributed by atoms with Crippen LogP contribution in [0.5, 0.6) is 5.75 Å². The summed E-state index contributed by atoms with van der Waals surface area (Å²) in [6.45, 7) is 3.67. The van der Waals surface area contributed by atoms with Gasteiger partial charge in [-0.05, 0) is 12.1 Å². The van der Waals surface area contributed by atoms with Crippen LogP contribution in [0.25, 0.3) is 0 Å². The molecule has 0 aliphatic carbocycles. The summed E-state index contributed by atoms with van der Waals surface area (Å²) in [6, 6.07) is 4.49. The molecule has 0 spiro atoms. The summed E-state index contributed by atoms with van der Waals surface area (Å²) >= 11 is 0. The van der Waals surface area contributed by atoms with Crippen LogP contribution in [-0.2, 0) is 9.53 Å². The van der Waals surface area contributed by atoms with E-state index in [1.54, 1.807) is 13.2 Å². The van der Waals surface area contributed by atoms with Crippen molar-refractivity contribution in [1.29, 1.82) is 0 Å². The molecule has 2 aliphatic heterocycles. The van der Waals surface area contributed by atoms with E-state index in [0.717, 1.165) is 38.3 Å². The van der Waals surface area contributed by atoms with Crippen molar-refractivity contribution in [3.8, 4) is 5.75 Å². The number of hydrogen-bond acceptors (Lipinski definition) is 5. The molecule has 114 valence electrons. The van der Waals surface area contributed by atoms with E-state index in [9.17, 15) is 9.18 Å². The van der Waals surface area contributed by atoms with Gasteiger partial charge in [0.15, 0.2) is 0 Å². The smallest absolute Gasteiger partial charge is 0.323 e. The van der Waals surface area contributed by atoms with E-state index in [-0.39, 0.29) is 17.8 Å². The van der Waals surface area contributed by atoms with Crippen molar-refractivity contribution in [1.82, 2.24) is 4.90 Å². The maximum atomic E-state index is 13.3. The highest BCUT2D eigenvalue weighted by Crippen LogP contribution is 2.30. The monoisotopic (exact) mass is 294 g/mol. The summed E-state index contributed by atoms with van der Waals surface area (Å²) in [5.41, 5.74) is 0.896. The third-order valence-corrected chi connectivity index (χ3v) is 4.15. The summed E-state index contributed by atoms with van der Waals surface area (Å²) in [5, 5.41) is 0. The Kier molecular flexibility index (Phi) is 3.96. The fourth-order valence-corrected chi connectivity index (χ4v) is 3.00. The zero-order chi connectivity index (χ0) is 14.8. The van der Waals surface area contributed by atoms with Crippen LogP contribution in [0.2, 0.25) is 0 Å². The minimum atomic E-state index is -0.303. The Balaban J connectivity index is 1.67. The van der Waals surface area contributed by atoms with Crippen molar-refractivity contribution in [2.75, 3.05) is 44.8 Å². The second-order valence-electron chi connectivity index (χ2n) is 5.31. The fourth-order valence-electron chi connectivity index (χ4n) is 3.00. The molecule has 21 heavy (non-hydrogen) atoms. The Bertz CT molecular complexity index is 530. The number of carbonyl (C=O) groups is 1. The molecule has 0 aromatic heterocycles. The van der Waals surface area contributed by atoms with Crippen LogP contribution in [0.1, 0.15) is 6.42 Å². The molecular weight excluding hydrogens is 275 g/mol. The summed E-state index contributed by atoms with van der Waals surface area (Å²) in [7, 11) is 1.54. The summed E-state index contributed by atoms with van der Waals surface area (Å²) in [5.74, 6) is 0.134. The van der Waals surface area contributed by atoms with Gasteiger partial charge < -0.3 is 14.4 Å². The van der Waals surface area contributed by atoms with Crippen LogP contribution in [-0.4, -0.2) is 56.8 Å². The molecule has 1 aromatic rings. The predicted octanol–water partition coefficient (Wildman–Crippen LogP) is 1.27. The Labute approximate surface area is 123 Å². The highest BCUT2D eigenvalue weighted by Gasteiger charge is 2.34. The largest absolute Gasteiger partial charge is 0.494 e. The molecule has 0 unspecified atom stereocenters. The number of esters is 1. The first-order chi connectivity index (χ1) is 10.2. The first-order valence-corrected chi connectivity index (χ1v) is 7.18. The van der Waals surface area contributed by atoms with Crippen LogP contribution < -0.4 is 9.64 Å². The maximum absolute atomic E-state index is 13.3. The van der Waals surface area contributed by atoms with Crippen molar-refractivity contribution in [3.63, 3.8) is 0 Å². The number of hydrogen-bond donors (Lipinski definition) is 0. The van der Waals surface area contributed by atoms with E-state index in [1.165, 1.54) is 12.1 Å². The number of nitrogens with zero attached hydrogens (tertiary/aromatic N) is 2. The summed E-state index contributed by atoms with van der Waals surface area (Å²) in [4.78, 5) is 16.0. The number of methoxy groups -OCH3 is 1. The van der Waals surface area contributed by atoms with Crippen LogP contribution >= 0.6 is 0 Å². The fraction of sp³-hybridized carbons (Fsp3) is 0.533. The first kappa shape index (κ1) is 14.1. The molecule has 6 heteroatoms. The standard InChI is InChI=1S/C15H19FN2O3/c1-20-14-10-11(16)2-3-12(14)17-5-7-18(8-6-17)13-4-9-21-15(13)19/h2-3,10,13H,4-9H2,1H3/t13-/m1/s1. The van der Waals surface area contributed by atoms with Gasteiger partial charge in [-0.3, -0.25) is 9.69 Å². The first-order valence-electron chi connectivity index (χ1n) is 7.18. The number of rotatable bonds is 3. The number of halogens is 1. The minimum absolute atomic E-state index is 0.0951. The third kappa shape index (κ3) is 2.81. The quantitative estimate of drug-likeness (QED) is 0.785. The average Bonchev–Trinajstić information content (AvgIpc) is 2.93. The van der Waals surface area contributed by atoms with Crippen molar-refractivity contribution >= 4 is 11.7 Å². The van der Waals surface area contributed by atoms with E-state index in [2.05, 4.69) is 9.80 Å². The number of carbonyl (C=O) groups excluding carboxylic acids is 1. The SMILES string of the molecule is COc1cc(F)ccc1N1CCN([C@@H]2CCOC2=O)CC1. The zero-order valence-corrected chi connectivity index (χ0v) is 12.0. The lowest BCUT2D eigenvalue weighted by Gasteiger charge is -2.38. The summed E-state index contributed by atoms with van der Waals surface area (Å²) < 4.78 is 23.5. The molecular formula is C15H19FN2O3. The van der Waals surface area contributed by atoms with Gasteiger partial charge in [0.1, 0.15) is 17.6 Å². The van der Waals surface area contributed by atoms with Crippen molar-refractivity contribution < 1.29 is 18.7 Å². The molecule has 0 N–H and O–H groups in total. The number of anilines is 1. The maximum Gasteiger partial charge on any atom is 0.323 e. The van der Waals surface area contributed by atoms with Crippen LogP contribution in [0.15, 0.2) is 18.2 Å². The molecule has 0 radical (unpaired) electrons. The highest BCUT2D eigenvalue weighted by molar-refractivity contribution is 5.77. The Morgan fingerprint density at radius 2 is 2.05 bits per heavy atom. The molecule has 3 rings (SSSR count). The summed E-state index contributed by atoms with van der Waals surface area (Å²) in [6.07, 6.45) is 0.776. The molecule has 2 saturated heterocycles. The topological polar surface area (TPSA) is 42.0 Å². The normalized spacial score (nSPS) is 23.2. The van der Waals surface area contributed by atoms with Crippen molar-refractivity contribution in [3.05, 3.63) is 24.0 Å². The second-order valence-corrected chi connectivity index (χ2v) is 5.31. The van der Waals surface area contributed by atoms with Crippen molar-refractivity contribution in [2.45, 2.75) is 12.5 Å². The van der Waals surface area contributed by atoms with E-state index in [4.69, 9.17) is 9.47 Å². The van der Waals surface area contributed by atoms with Crippen LogP contribution in [0.4, 0.5) is 10.1 Å². The Morgan fingerprint density at radius 3 is 2.67 bits per heavy atom. The lowest BCUT2D eigenvalue weighted by Crippen LogP contribution is -2.51. The van der Waals surface area contributed by atoms with Gasteiger partial charge in [-0.2, -0.15) is 0 Å². The molecule has 2 fully saturated rings. The zero-order valence-electron chi connectivity index (χ0n) is 12.0. The van der Waals surface area contributed by atoms with E-state index in [0.29, 0.717) is 12.4 Å². The number of ether oxygens (including phenoxy) is 2. The molecule has 5 nitrogen and oxygen atoms in total. The van der Waals surface area contributed by atoms with Gasteiger partial charge in [-0.1, -0.05) is 0 Å². The second kappa shape index (κ2) is 5.89. The van der Waals surface area contributed by atoms with E-state index >= 15 is 0 Å². The number of cyclic esters (lactones) is 1. The molecule has 1 atom stereocenters. The molecule has 2 heterocycles. The van der Waals surface area contributed by atoms with Crippen molar-refractivity contribution in [2.24, 2.45) is 0 Å². The predicted molar refractivity (Wildman–Crippen MR) is 76.1 cm³/mol. The van der Waals surface area contributed by atoms with Gasteiger partial charge in [0, 0.05) is 38.7 Å². The number of benzene rings is 1. The van der Waals surface area contributed by atoms with Gasteiger partial charge in [0.05, 0.1) is 19.4 Å². The lowest BCUT2D eigenvalue weighted by molar-refractivity contribution is -0.142. The van der Waals surface area contributed by atoms with Gasteiger partial charge in [0.2, 0.25) is 0 Å². The highest BCUT2D eigenvalue weighted by atomic mass is 19.1. The van der Waals surface area contributed by atoms with Gasteiger partial charge in [-0.25, -0.2) is 4.39 Å². The lowest BCUT2D eigenvalue weighted by atomic mass is 10.1. The van der Waals surface area contributed by atoms with Gasteiger partial charge >= 0.3 is 5.97 Å². The molecule has 2 aliphatic rings. The van der Waals surface area contributed by atoms with E-state index < -0.39 is 0 Å². The van der Waals surface area contributed by atoms with Crippen LogP contribution in [0, 0.1) is 5.82 Å². The Morgan fingerprint density at radius 1 is 1.29 bits per heavy atom. The average molecular weight is 294 g/mol. The number of piperazine rings is 1. The Hall–Kier alpha value is -1.82. The van der Waals surface area contributed by atoms with Gasteiger partial charge in [0.25, 0.3) is 0 Å². The molecule has 1 aromatic carbocycles. The molecule has 0 amide bonds. The van der Waals surface area contributed by atoms with Gasteiger partial charge in [-0.15, -0.1) is 0 Å². The van der Waals surface area contributed by atoms with E-state index in [1.807, 2.05) is 0 Å². The minimum Gasteiger partial charge on any atom is -0.494 e. The third-order valence-electron chi connectivity index (χ3n) is 4.15. The molecule has 0 bridgehead atoms.